The Balaban J connectivity index is 2.25. The van der Waals surface area contributed by atoms with Crippen molar-refractivity contribution in [3.05, 3.63) is 47.8 Å². The van der Waals surface area contributed by atoms with Gasteiger partial charge in [0.1, 0.15) is 0 Å². The fraction of sp³-hybridized carbons (Fsp3) is 0.125. The minimum absolute atomic E-state index is 0.191. The van der Waals surface area contributed by atoms with Crippen molar-refractivity contribution >= 4 is 0 Å². The first kappa shape index (κ1) is 10.6. The lowest BCUT2D eigenvalue weighted by atomic mass is 10.2. The fourth-order valence-electron chi connectivity index (χ4n) is 2.39. The van der Waals surface area contributed by atoms with Crippen LogP contribution in [0, 0.1) is 24.7 Å². The molecule has 1 aliphatic heterocycles. The molecule has 2 aromatic heterocycles. The smallest absolute Gasteiger partial charge is 0.130 e. The van der Waals surface area contributed by atoms with Gasteiger partial charge in [-0.05, 0) is 12.1 Å². The van der Waals surface area contributed by atoms with Crippen molar-refractivity contribution in [2.45, 2.75) is 13.1 Å². The van der Waals surface area contributed by atoms with Gasteiger partial charge in [0.2, 0.25) is 0 Å². The van der Waals surface area contributed by atoms with E-state index in [0.717, 1.165) is 22.5 Å². The Hall–Kier alpha value is -2.58. The molecule has 0 aliphatic carbocycles. The highest BCUT2D eigenvalue weighted by atomic mass is 15.3. The van der Waals surface area contributed by atoms with Gasteiger partial charge in [-0.3, -0.25) is 0 Å². The predicted octanol–water partition coefficient (Wildman–Crippen LogP) is 1.27. The quantitative estimate of drug-likeness (QED) is 0.477. The highest BCUT2D eigenvalue weighted by Gasteiger charge is 2.40. The molecule has 0 aromatic carbocycles. The van der Waals surface area contributed by atoms with Crippen LogP contribution in [0.2, 0.25) is 0 Å². The summed E-state index contributed by atoms with van der Waals surface area (Å²) < 4.78 is 4.34. The van der Waals surface area contributed by atoms with Gasteiger partial charge in [-0.1, -0.05) is 11.8 Å². The second-order valence-electron chi connectivity index (χ2n) is 4.34. The van der Waals surface area contributed by atoms with Crippen LogP contribution in [0.25, 0.3) is 11.4 Å². The molecule has 1 aliphatic rings. The minimum atomic E-state index is 0.191. The third-order valence-electron chi connectivity index (χ3n) is 3.36. The van der Waals surface area contributed by atoms with E-state index in [0.29, 0.717) is 0 Å². The van der Waals surface area contributed by atoms with Crippen molar-refractivity contribution in [3.8, 4) is 36.1 Å². The van der Waals surface area contributed by atoms with Gasteiger partial charge >= 0.3 is 6.17 Å². The third kappa shape index (κ3) is 1.33. The Labute approximate surface area is 107 Å². The lowest BCUT2D eigenvalue weighted by Crippen LogP contribution is -2.50. The lowest BCUT2D eigenvalue weighted by molar-refractivity contribution is -0.906. The largest absolute Gasteiger partial charge is 0.350 e. The van der Waals surface area contributed by atoms with E-state index in [-0.39, 0.29) is 6.17 Å². The van der Waals surface area contributed by atoms with Gasteiger partial charge in [0.25, 0.3) is 11.4 Å². The molecule has 0 bridgehead atoms. The molecule has 0 radical (unpaired) electrons. The number of nitrogens with zero attached hydrogens (tertiary/aromatic N) is 2. The van der Waals surface area contributed by atoms with E-state index in [4.69, 9.17) is 12.8 Å². The third-order valence-corrected chi connectivity index (χ3v) is 3.36. The Morgan fingerprint density at radius 3 is 1.72 bits per heavy atom. The number of fused-ring (bicyclic) bond motifs is 3. The molecule has 2 heteroatoms. The molecule has 0 fully saturated rings. The molecule has 84 valence electrons. The zero-order valence-corrected chi connectivity index (χ0v) is 10.1. The Kier molecular flexibility index (Phi) is 2.18. The normalized spacial score (nSPS) is 12.4. The monoisotopic (exact) mass is 232 g/mol. The molecule has 3 heterocycles. The summed E-state index contributed by atoms with van der Waals surface area (Å²) in [6.07, 6.45) is 15.1. The maximum absolute atomic E-state index is 5.44. The van der Waals surface area contributed by atoms with Crippen LogP contribution in [0.4, 0.5) is 0 Å². The van der Waals surface area contributed by atoms with Crippen molar-refractivity contribution in [3.63, 3.8) is 0 Å². The van der Waals surface area contributed by atoms with Crippen molar-refractivity contribution < 1.29 is 9.13 Å². The summed E-state index contributed by atoms with van der Waals surface area (Å²) in [7, 11) is 0. The van der Waals surface area contributed by atoms with Crippen LogP contribution in [-0.4, -0.2) is 0 Å². The minimum Gasteiger partial charge on any atom is -0.130 e. The molecule has 3 rings (SSSR count). The SMILES string of the molecule is C#Cc1ccc2[n+](c1)C(C)[n+]1cc(C#C)ccc1-2. The zero-order chi connectivity index (χ0) is 12.7. The average molecular weight is 232 g/mol. The predicted molar refractivity (Wildman–Crippen MR) is 68.2 cm³/mol. The molecule has 0 unspecified atom stereocenters. The Morgan fingerprint density at radius 2 is 1.33 bits per heavy atom. The van der Waals surface area contributed by atoms with Gasteiger partial charge in [-0.15, -0.1) is 22.0 Å². The molecule has 2 aromatic rings. The van der Waals surface area contributed by atoms with Gasteiger partial charge in [-0.25, -0.2) is 0 Å². The molecule has 0 spiro atoms. The van der Waals surface area contributed by atoms with Crippen molar-refractivity contribution in [1.29, 1.82) is 0 Å². The van der Waals surface area contributed by atoms with E-state index in [1.807, 2.05) is 24.5 Å². The van der Waals surface area contributed by atoms with Crippen molar-refractivity contribution in [1.82, 2.24) is 0 Å². The summed E-state index contributed by atoms with van der Waals surface area (Å²) in [5, 5.41) is 0. The number of hydrogen-bond acceptors (Lipinski definition) is 0. The first-order valence-corrected chi connectivity index (χ1v) is 5.78. The summed E-state index contributed by atoms with van der Waals surface area (Å²) in [4.78, 5) is 0. The van der Waals surface area contributed by atoms with Crippen LogP contribution in [0.5, 0.6) is 0 Å². The maximum atomic E-state index is 5.44. The number of pyridine rings is 2. The molecule has 0 amide bonds. The molecular weight excluding hydrogens is 220 g/mol. The first-order chi connectivity index (χ1) is 8.74. The van der Waals surface area contributed by atoms with E-state index < -0.39 is 0 Å². The van der Waals surface area contributed by atoms with Crippen LogP contribution in [0.3, 0.4) is 0 Å². The summed E-state index contributed by atoms with van der Waals surface area (Å²) in [5.74, 6) is 5.33. The van der Waals surface area contributed by atoms with Gasteiger partial charge < -0.3 is 0 Å². The van der Waals surface area contributed by atoms with E-state index >= 15 is 0 Å². The van der Waals surface area contributed by atoms with Crippen molar-refractivity contribution in [2.24, 2.45) is 0 Å². The number of hydrogen-bond donors (Lipinski definition) is 0. The lowest BCUT2D eigenvalue weighted by Gasteiger charge is -1.96. The summed E-state index contributed by atoms with van der Waals surface area (Å²) in [6, 6.07) is 8.03. The molecular formula is C16H12N2+2. The van der Waals surface area contributed by atoms with Gasteiger partial charge in [0.05, 0.1) is 18.1 Å². The molecule has 0 saturated carbocycles. The first-order valence-electron chi connectivity index (χ1n) is 5.78. The highest BCUT2D eigenvalue weighted by Crippen LogP contribution is 2.19. The van der Waals surface area contributed by atoms with Crippen LogP contribution in [0.15, 0.2) is 36.7 Å². The summed E-state index contributed by atoms with van der Waals surface area (Å²) in [5.41, 5.74) is 4.09. The average Bonchev–Trinajstić information content (AvgIpc) is 2.71. The number of rotatable bonds is 0. The second kappa shape index (κ2) is 3.72. The zero-order valence-electron chi connectivity index (χ0n) is 10.1. The second-order valence-corrected chi connectivity index (χ2v) is 4.34. The van der Waals surface area contributed by atoms with Gasteiger partial charge in [-0.2, -0.15) is 0 Å². The van der Waals surface area contributed by atoms with E-state index in [1.54, 1.807) is 0 Å². The van der Waals surface area contributed by atoms with Crippen LogP contribution < -0.4 is 9.13 Å². The molecule has 0 saturated heterocycles. The van der Waals surface area contributed by atoms with E-state index in [2.05, 4.69) is 40.0 Å². The van der Waals surface area contributed by atoms with Crippen LogP contribution in [0.1, 0.15) is 24.2 Å². The topological polar surface area (TPSA) is 7.76 Å². The number of aromatic nitrogens is 2. The van der Waals surface area contributed by atoms with Gasteiger partial charge in [0, 0.05) is 12.1 Å². The fourth-order valence-corrected chi connectivity index (χ4v) is 2.39. The Morgan fingerprint density at radius 1 is 0.889 bits per heavy atom. The number of terminal acetylenes is 2. The molecule has 2 nitrogen and oxygen atoms in total. The Bertz CT molecular complexity index is 666. The van der Waals surface area contributed by atoms with E-state index in [1.165, 1.54) is 0 Å². The maximum Gasteiger partial charge on any atom is 0.350 e. The summed E-state index contributed by atoms with van der Waals surface area (Å²) >= 11 is 0. The molecule has 0 atom stereocenters. The summed E-state index contributed by atoms with van der Waals surface area (Å²) in [6.45, 7) is 2.13. The van der Waals surface area contributed by atoms with Crippen LogP contribution in [-0.2, 0) is 0 Å². The van der Waals surface area contributed by atoms with Gasteiger partial charge in [0.15, 0.2) is 12.4 Å². The molecule has 0 N–H and O–H groups in total. The van der Waals surface area contributed by atoms with Crippen molar-refractivity contribution in [2.75, 3.05) is 0 Å². The standard InChI is InChI=1S/C16H12N2/c1-4-13-6-8-15-16-9-7-14(5-2)11-18(16)12(3)17(15)10-13/h1-2,6-12H,3H3/q+2. The molecule has 18 heavy (non-hydrogen) atoms. The highest BCUT2D eigenvalue weighted by molar-refractivity contribution is 5.50. The van der Waals surface area contributed by atoms with E-state index in [9.17, 15) is 0 Å². The van der Waals surface area contributed by atoms with Crippen LogP contribution >= 0.6 is 0 Å².